The van der Waals surface area contributed by atoms with Crippen LogP contribution in [0.1, 0.15) is 36.6 Å². The fourth-order valence-electron chi connectivity index (χ4n) is 2.53. The molecule has 0 saturated heterocycles. The summed E-state index contributed by atoms with van der Waals surface area (Å²) in [6.07, 6.45) is 0.476. The third kappa shape index (κ3) is 3.11. The number of thiazole rings is 1. The minimum atomic E-state index is -0.135. The average Bonchev–Trinajstić information content (AvgIpc) is 2.98. The number of rotatable bonds is 4. The van der Waals surface area contributed by atoms with E-state index in [0.717, 1.165) is 26.0 Å². The fourth-order valence-corrected chi connectivity index (χ4v) is 4.42. The Morgan fingerprint density at radius 1 is 1.17 bits per heavy atom. The SMILES string of the molecule is Cc1nc(C)c(C(=O)NCCc2nc3sc(C)c(C)c3c(=O)[nH]2)s1. The molecule has 3 rings (SSSR count). The van der Waals surface area contributed by atoms with Gasteiger partial charge >= 0.3 is 0 Å². The molecular weight excluding hydrogens is 344 g/mol. The van der Waals surface area contributed by atoms with Gasteiger partial charge in [0.25, 0.3) is 11.5 Å². The standard InChI is InChI=1S/C16H18N4O2S2/c1-7-9(3)23-16-12(7)14(21)19-11(20-16)5-6-17-15(22)13-8(2)18-10(4)24-13/h5-6H2,1-4H3,(H,17,22)(H,19,20,21). The molecule has 0 aromatic carbocycles. The minimum absolute atomic E-state index is 0.114. The first-order valence-corrected chi connectivity index (χ1v) is 9.21. The number of carbonyl (C=O) groups is 1. The molecule has 0 bridgehead atoms. The topological polar surface area (TPSA) is 87.7 Å². The summed E-state index contributed by atoms with van der Waals surface area (Å²) in [6, 6.07) is 0. The first kappa shape index (κ1) is 16.8. The largest absolute Gasteiger partial charge is 0.351 e. The molecule has 3 heterocycles. The van der Waals surface area contributed by atoms with Crippen LogP contribution in [-0.2, 0) is 6.42 Å². The second kappa shape index (κ2) is 6.45. The monoisotopic (exact) mass is 362 g/mol. The zero-order chi connectivity index (χ0) is 17.4. The van der Waals surface area contributed by atoms with E-state index in [1.807, 2.05) is 27.7 Å². The Kier molecular flexibility index (Phi) is 4.51. The highest BCUT2D eigenvalue weighted by Gasteiger charge is 2.14. The van der Waals surface area contributed by atoms with E-state index < -0.39 is 0 Å². The van der Waals surface area contributed by atoms with E-state index in [9.17, 15) is 9.59 Å². The van der Waals surface area contributed by atoms with Crippen LogP contribution in [0.3, 0.4) is 0 Å². The Morgan fingerprint density at radius 2 is 1.92 bits per heavy atom. The van der Waals surface area contributed by atoms with Crippen molar-refractivity contribution in [2.75, 3.05) is 6.54 Å². The smallest absolute Gasteiger partial charge is 0.263 e. The molecule has 0 aliphatic rings. The Morgan fingerprint density at radius 3 is 2.58 bits per heavy atom. The number of hydrogen-bond acceptors (Lipinski definition) is 6. The van der Waals surface area contributed by atoms with Crippen molar-refractivity contribution in [3.05, 3.63) is 42.2 Å². The number of aromatic amines is 1. The number of H-pyrrole nitrogens is 1. The van der Waals surface area contributed by atoms with Crippen molar-refractivity contribution >= 4 is 38.8 Å². The van der Waals surface area contributed by atoms with Gasteiger partial charge in [0.15, 0.2) is 0 Å². The van der Waals surface area contributed by atoms with Gasteiger partial charge in [0.1, 0.15) is 15.5 Å². The second-order valence-electron chi connectivity index (χ2n) is 5.63. The van der Waals surface area contributed by atoms with Gasteiger partial charge in [-0.2, -0.15) is 0 Å². The third-order valence-corrected chi connectivity index (χ3v) is 6.02. The molecule has 3 aromatic rings. The summed E-state index contributed by atoms with van der Waals surface area (Å²) in [7, 11) is 0. The molecule has 0 saturated carbocycles. The summed E-state index contributed by atoms with van der Waals surface area (Å²) in [5.74, 6) is 0.454. The molecule has 0 aliphatic heterocycles. The lowest BCUT2D eigenvalue weighted by Crippen LogP contribution is -2.26. The van der Waals surface area contributed by atoms with Crippen LogP contribution in [0.25, 0.3) is 10.2 Å². The van der Waals surface area contributed by atoms with Crippen LogP contribution in [0, 0.1) is 27.7 Å². The number of aromatic nitrogens is 3. The van der Waals surface area contributed by atoms with Crippen LogP contribution in [0.15, 0.2) is 4.79 Å². The molecule has 0 aliphatic carbocycles. The Balaban J connectivity index is 1.71. The number of hydrogen-bond donors (Lipinski definition) is 2. The number of thiophene rings is 1. The molecule has 2 N–H and O–H groups in total. The summed E-state index contributed by atoms with van der Waals surface area (Å²) in [5.41, 5.74) is 1.62. The third-order valence-electron chi connectivity index (χ3n) is 3.85. The summed E-state index contributed by atoms with van der Waals surface area (Å²) in [6.45, 7) is 8.04. The molecule has 6 nitrogen and oxygen atoms in total. The maximum atomic E-state index is 12.2. The predicted molar refractivity (Wildman–Crippen MR) is 97.3 cm³/mol. The van der Waals surface area contributed by atoms with Crippen LogP contribution in [0.5, 0.6) is 0 Å². The van der Waals surface area contributed by atoms with Crippen molar-refractivity contribution in [2.45, 2.75) is 34.1 Å². The number of aryl methyl sites for hydroxylation is 4. The number of amides is 1. The van der Waals surface area contributed by atoms with Crippen LogP contribution >= 0.6 is 22.7 Å². The molecule has 8 heteroatoms. The van der Waals surface area contributed by atoms with E-state index >= 15 is 0 Å². The summed E-state index contributed by atoms with van der Waals surface area (Å²) < 4.78 is 0. The van der Waals surface area contributed by atoms with Crippen molar-refractivity contribution in [3.8, 4) is 0 Å². The molecule has 0 unspecified atom stereocenters. The first-order valence-electron chi connectivity index (χ1n) is 7.58. The Bertz CT molecular complexity index is 984. The molecule has 0 spiro atoms. The fraction of sp³-hybridized carbons (Fsp3) is 0.375. The molecule has 0 radical (unpaired) electrons. The number of carbonyl (C=O) groups excluding carboxylic acids is 1. The van der Waals surface area contributed by atoms with E-state index in [1.165, 1.54) is 22.7 Å². The van der Waals surface area contributed by atoms with Gasteiger partial charge in [-0.25, -0.2) is 9.97 Å². The second-order valence-corrected chi connectivity index (χ2v) is 8.04. The van der Waals surface area contributed by atoms with E-state index in [4.69, 9.17) is 0 Å². The van der Waals surface area contributed by atoms with Crippen LogP contribution < -0.4 is 10.9 Å². The van der Waals surface area contributed by atoms with E-state index in [0.29, 0.717) is 29.1 Å². The van der Waals surface area contributed by atoms with Gasteiger partial charge in [-0.05, 0) is 33.3 Å². The van der Waals surface area contributed by atoms with Gasteiger partial charge in [-0.3, -0.25) is 9.59 Å². The van der Waals surface area contributed by atoms with Crippen LogP contribution in [0.2, 0.25) is 0 Å². The zero-order valence-corrected chi connectivity index (χ0v) is 15.6. The van der Waals surface area contributed by atoms with Gasteiger partial charge in [-0.15, -0.1) is 22.7 Å². The van der Waals surface area contributed by atoms with Gasteiger partial charge in [-0.1, -0.05) is 0 Å². The Labute approximate surface area is 147 Å². The summed E-state index contributed by atoms with van der Waals surface area (Å²) in [4.78, 5) is 38.4. The van der Waals surface area contributed by atoms with Gasteiger partial charge in [0.2, 0.25) is 0 Å². The molecular formula is C16H18N4O2S2. The number of nitrogens with one attached hydrogen (secondary N) is 2. The number of nitrogens with zero attached hydrogens (tertiary/aromatic N) is 2. The zero-order valence-electron chi connectivity index (χ0n) is 13.9. The molecule has 126 valence electrons. The van der Waals surface area contributed by atoms with E-state index in [1.54, 1.807) is 0 Å². The van der Waals surface area contributed by atoms with Crippen molar-refractivity contribution in [2.24, 2.45) is 0 Å². The minimum Gasteiger partial charge on any atom is -0.351 e. The summed E-state index contributed by atoms with van der Waals surface area (Å²) >= 11 is 2.91. The lowest BCUT2D eigenvalue weighted by atomic mass is 10.2. The molecule has 1 amide bonds. The van der Waals surface area contributed by atoms with Crippen molar-refractivity contribution < 1.29 is 4.79 Å². The number of fused-ring (bicyclic) bond motifs is 1. The molecule has 0 fully saturated rings. The lowest BCUT2D eigenvalue weighted by Gasteiger charge is -2.04. The molecule has 0 atom stereocenters. The van der Waals surface area contributed by atoms with Crippen molar-refractivity contribution in [1.29, 1.82) is 0 Å². The van der Waals surface area contributed by atoms with Gasteiger partial charge < -0.3 is 10.3 Å². The van der Waals surface area contributed by atoms with Crippen LogP contribution in [0.4, 0.5) is 0 Å². The van der Waals surface area contributed by atoms with Gasteiger partial charge in [0.05, 0.1) is 16.1 Å². The van der Waals surface area contributed by atoms with Crippen molar-refractivity contribution in [3.63, 3.8) is 0 Å². The van der Waals surface area contributed by atoms with Crippen molar-refractivity contribution in [1.82, 2.24) is 20.3 Å². The molecule has 24 heavy (non-hydrogen) atoms. The maximum absolute atomic E-state index is 12.2. The molecule has 3 aromatic heterocycles. The maximum Gasteiger partial charge on any atom is 0.263 e. The highest BCUT2D eigenvalue weighted by molar-refractivity contribution is 7.18. The van der Waals surface area contributed by atoms with E-state index in [-0.39, 0.29) is 11.5 Å². The van der Waals surface area contributed by atoms with Crippen LogP contribution in [-0.4, -0.2) is 27.4 Å². The normalized spacial score (nSPS) is 11.2. The Hall–Kier alpha value is -2.06. The average molecular weight is 362 g/mol. The quantitative estimate of drug-likeness (QED) is 0.747. The predicted octanol–water partition coefficient (Wildman–Crippen LogP) is 2.65. The summed E-state index contributed by atoms with van der Waals surface area (Å²) in [5, 5.41) is 4.40. The lowest BCUT2D eigenvalue weighted by molar-refractivity contribution is 0.0957. The highest BCUT2D eigenvalue weighted by atomic mass is 32.1. The van der Waals surface area contributed by atoms with E-state index in [2.05, 4.69) is 20.3 Å². The highest BCUT2D eigenvalue weighted by Crippen LogP contribution is 2.25. The first-order chi connectivity index (χ1) is 11.4. The van der Waals surface area contributed by atoms with Gasteiger partial charge in [0, 0.05) is 17.8 Å².